The van der Waals surface area contributed by atoms with Crippen LogP contribution in [0.25, 0.3) is 0 Å². The van der Waals surface area contributed by atoms with E-state index in [1.165, 1.54) is 19.1 Å². The van der Waals surface area contributed by atoms with Crippen molar-refractivity contribution in [2.45, 2.75) is 25.9 Å². The molecular weight excluding hydrogens is 423 g/mol. The number of hydrogen-bond acceptors (Lipinski definition) is 6. The number of nitro groups is 1. The maximum Gasteiger partial charge on any atom is 0.307 e. The summed E-state index contributed by atoms with van der Waals surface area (Å²) in [6, 6.07) is 9.81. The van der Waals surface area contributed by atoms with Gasteiger partial charge in [-0.3, -0.25) is 24.5 Å². The van der Waals surface area contributed by atoms with Gasteiger partial charge in [-0.1, -0.05) is 23.2 Å². The summed E-state index contributed by atoms with van der Waals surface area (Å²) in [5.74, 6) is -1.64. The predicted molar refractivity (Wildman–Crippen MR) is 107 cm³/mol. The fourth-order valence-electron chi connectivity index (χ4n) is 2.26. The van der Waals surface area contributed by atoms with Crippen LogP contribution in [0.3, 0.4) is 0 Å². The number of amides is 1. The van der Waals surface area contributed by atoms with Crippen LogP contribution in [-0.2, 0) is 14.3 Å². The van der Waals surface area contributed by atoms with Crippen LogP contribution in [0.5, 0.6) is 0 Å². The lowest BCUT2D eigenvalue weighted by Gasteiger charge is -2.14. The van der Waals surface area contributed by atoms with Crippen LogP contribution in [-0.4, -0.2) is 28.7 Å². The van der Waals surface area contributed by atoms with E-state index in [0.717, 1.165) is 6.07 Å². The molecule has 0 aliphatic carbocycles. The number of rotatable bonds is 8. The number of ether oxygens (including phenoxy) is 1. The van der Waals surface area contributed by atoms with Crippen LogP contribution in [0.2, 0.25) is 10.0 Å². The van der Waals surface area contributed by atoms with Crippen molar-refractivity contribution in [2.75, 3.05) is 5.32 Å². The Balaban J connectivity index is 1.85. The van der Waals surface area contributed by atoms with E-state index in [1.54, 1.807) is 24.3 Å². The lowest BCUT2D eigenvalue weighted by atomic mass is 10.1. The minimum atomic E-state index is -1.15. The highest BCUT2D eigenvalue weighted by Crippen LogP contribution is 2.26. The van der Waals surface area contributed by atoms with E-state index in [9.17, 15) is 24.5 Å². The summed E-state index contributed by atoms with van der Waals surface area (Å²) in [5, 5.41) is 13.6. The van der Waals surface area contributed by atoms with E-state index in [0.29, 0.717) is 10.6 Å². The zero-order valence-electron chi connectivity index (χ0n) is 15.2. The van der Waals surface area contributed by atoms with Gasteiger partial charge < -0.3 is 10.1 Å². The third-order valence-electron chi connectivity index (χ3n) is 3.82. The first-order valence-electron chi connectivity index (χ1n) is 8.40. The van der Waals surface area contributed by atoms with Crippen molar-refractivity contribution in [3.63, 3.8) is 0 Å². The summed E-state index contributed by atoms with van der Waals surface area (Å²) in [6.45, 7) is 1.35. The minimum absolute atomic E-state index is 0.0281. The standard InChI is InChI=1S/C19H16Cl2N2O6/c1-11(19(26)22-16-7-6-14(23(27)28)10-15(16)21)29-18(25)9-8-17(24)12-2-4-13(20)5-3-12/h2-7,10-11H,8-9H2,1H3,(H,22,26). The Morgan fingerprint density at radius 3 is 2.34 bits per heavy atom. The number of nitrogens with zero attached hydrogens (tertiary/aromatic N) is 1. The number of esters is 1. The van der Waals surface area contributed by atoms with Crippen molar-refractivity contribution >= 4 is 52.2 Å². The number of halogens is 2. The van der Waals surface area contributed by atoms with Gasteiger partial charge in [-0.2, -0.15) is 0 Å². The molecule has 1 amide bonds. The Morgan fingerprint density at radius 2 is 1.76 bits per heavy atom. The van der Waals surface area contributed by atoms with Crippen molar-refractivity contribution in [1.29, 1.82) is 0 Å². The van der Waals surface area contributed by atoms with Crippen LogP contribution in [0.1, 0.15) is 30.1 Å². The molecule has 1 unspecified atom stereocenters. The zero-order chi connectivity index (χ0) is 21.6. The van der Waals surface area contributed by atoms with E-state index in [4.69, 9.17) is 27.9 Å². The first-order valence-corrected chi connectivity index (χ1v) is 9.16. The van der Waals surface area contributed by atoms with Gasteiger partial charge in [0, 0.05) is 29.1 Å². The van der Waals surface area contributed by atoms with Crippen molar-refractivity contribution in [1.82, 2.24) is 0 Å². The summed E-state index contributed by atoms with van der Waals surface area (Å²) >= 11 is 11.7. The largest absolute Gasteiger partial charge is 0.453 e. The Kier molecular flexibility index (Phi) is 7.69. The number of Topliss-reactive ketones (excluding diaryl/α,β-unsaturated/α-hetero) is 1. The molecule has 2 rings (SSSR count). The summed E-state index contributed by atoms with van der Waals surface area (Å²) in [6.07, 6.45) is -1.43. The van der Waals surface area contributed by atoms with E-state index < -0.39 is 22.9 Å². The van der Waals surface area contributed by atoms with Gasteiger partial charge in [0.2, 0.25) is 0 Å². The van der Waals surface area contributed by atoms with Crippen molar-refractivity contribution in [2.24, 2.45) is 0 Å². The molecule has 1 N–H and O–H groups in total. The van der Waals surface area contributed by atoms with Crippen LogP contribution >= 0.6 is 23.2 Å². The van der Waals surface area contributed by atoms with Gasteiger partial charge in [0.1, 0.15) is 0 Å². The molecule has 29 heavy (non-hydrogen) atoms. The number of nitro benzene ring substituents is 1. The molecule has 0 aliphatic heterocycles. The fourth-order valence-corrected chi connectivity index (χ4v) is 2.61. The molecule has 10 heteroatoms. The van der Waals surface area contributed by atoms with Gasteiger partial charge in [-0.15, -0.1) is 0 Å². The highest BCUT2D eigenvalue weighted by molar-refractivity contribution is 6.34. The Morgan fingerprint density at radius 1 is 1.10 bits per heavy atom. The monoisotopic (exact) mass is 438 g/mol. The quantitative estimate of drug-likeness (QED) is 0.282. The van der Waals surface area contributed by atoms with Crippen LogP contribution in [0, 0.1) is 10.1 Å². The minimum Gasteiger partial charge on any atom is -0.453 e. The molecule has 152 valence electrons. The molecule has 2 aromatic rings. The molecule has 0 radical (unpaired) electrons. The molecule has 8 nitrogen and oxygen atoms in total. The predicted octanol–water partition coefficient (Wildman–Crippen LogP) is 4.43. The van der Waals surface area contributed by atoms with E-state index >= 15 is 0 Å². The Bertz CT molecular complexity index is 946. The van der Waals surface area contributed by atoms with Gasteiger partial charge >= 0.3 is 5.97 Å². The molecule has 1 atom stereocenters. The second kappa shape index (κ2) is 9.99. The van der Waals surface area contributed by atoms with E-state index in [-0.39, 0.29) is 35.0 Å². The number of carbonyl (C=O) groups excluding carboxylic acids is 3. The average molecular weight is 439 g/mol. The number of non-ortho nitro benzene ring substituents is 1. The van der Waals surface area contributed by atoms with Crippen molar-refractivity contribution in [3.05, 3.63) is 68.2 Å². The third kappa shape index (κ3) is 6.55. The molecule has 0 aromatic heterocycles. The summed E-state index contributed by atoms with van der Waals surface area (Å²) in [5.41, 5.74) is 0.335. The summed E-state index contributed by atoms with van der Waals surface area (Å²) < 4.78 is 5.02. The topological polar surface area (TPSA) is 116 Å². The van der Waals surface area contributed by atoms with Crippen LogP contribution in [0.4, 0.5) is 11.4 Å². The number of benzene rings is 2. The highest BCUT2D eigenvalue weighted by Gasteiger charge is 2.20. The van der Waals surface area contributed by atoms with Crippen molar-refractivity contribution < 1.29 is 24.0 Å². The lowest BCUT2D eigenvalue weighted by molar-refractivity contribution is -0.384. The smallest absolute Gasteiger partial charge is 0.307 e. The SMILES string of the molecule is CC(OC(=O)CCC(=O)c1ccc(Cl)cc1)C(=O)Nc1ccc([N+](=O)[O-])cc1Cl. The highest BCUT2D eigenvalue weighted by atomic mass is 35.5. The molecule has 0 spiro atoms. The van der Waals surface area contributed by atoms with E-state index in [1.807, 2.05) is 0 Å². The molecule has 0 saturated carbocycles. The Hall–Kier alpha value is -2.97. The number of anilines is 1. The molecular formula is C19H16Cl2N2O6. The number of hydrogen-bond donors (Lipinski definition) is 1. The van der Waals surface area contributed by atoms with Gasteiger partial charge in [0.15, 0.2) is 11.9 Å². The molecule has 2 aromatic carbocycles. The zero-order valence-corrected chi connectivity index (χ0v) is 16.7. The maximum absolute atomic E-state index is 12.2. The molecule has 0 aliphatic rings. The summed E-state index contributed by atoms with van der Waals surface area (Å²) in [7, 11) is 0. The maximum atomic E-state index is 12.2. The number of nitrogens with one attached hydrogen (secondary N) is 1. The first-order chi connectivity index (χ1) is 13.7. The van der Waals surface area contributed by atoms with Gasteiger partial charge in [0.05, 0.1) is 22.1 Å². The average Bonchev–Trinajstić information content (AvgIpc) is 2.67. The second-order valence-corrected chi connectivity index (χ2v) is 6.82. The fraction of sp³-hybridized carbons (Fsp3) is 0.211. The molecule has 0 bridgehead atoms. The third-order valence-corrected chi connectivity index (χ3v) is 4.39. The van der Waals surface area contributed by atoms with Gasteiger partial charge in [-0.25, -0.2) is 0 Å². The molecule has 0 saturated heterocycles. The second-order valence-electron chi connectivity index (χ2n) is 5.97. The molecule has 0 heterocycles. The number of carbonyl (C=O) groups is 3. The normalized spacial score (nSPS) is 11.4. The van der Waals surface area contributed by atoms with Crippen molar-refractivity contribution in [3.8, 4) is 0 Å². The summed E-state index contributed by atoms with van der Waals surface area (Å²) in [4.78, 5) is 46.2. The Labute approximate surface area is 175 Å². The van der Waals surface area contributed by atoms with Crippen LogP contribution in [0.15, 0.2) is 42.5 Å². The van der Waals surface area contributed by atoms with Gasteiger partial charge in [0.25, 0.3) is 11.6 Å². The number of ketones is 1. The molecule has 0 fully saturated rings. The van der Waals surface area contributed by atoms with Gasteiger partial charge in [-0.05, 0) is 37.3 Å². The van der Waals surface area contributed by atoms with E-state index in [2.05, 4.69) is 5.32 Å². The first kappa shape index (κ1) is 22.3. The van der Waals surface area contributed by atoms with Crippen LogP contribution < -0.4 is 5.32 Å². The lowest BCUT2D eigenvalue weighted by Crippen LogP contribution is -2.30.